The van der Waals surface area contributed by atoms with E-state index in [4.69, 9.17) is 6.42 Å². The van der Waals surface area contributed by atoms with Crippen molar-refractivity contribution in [2.24, 2.45) is 4.99 Å². The van der Waals surface area contributed by atoms with E-state index in [1.807, 2.05) is 45.0 Å². The summed E-state index contributed by atoms with van der Waals surface area (Å²) in [6.07, 6.45) is 11.5. The molecule has 0 aromatic carbocycles. The van der Waals surface area contributed by atoms with E-state index in [2.05, 4.69) is 10.9 Å². The maximum Gasteiger partial charge on any atom is 0.0559 e. The van der Waals surface area contributed by atoms with Crippen molar-refractivity contribution in [1.29, 1.82) is 0 Å². The first-order chi connectivity index (χ1) is 6.63. The van der Waals surface area contributed by atoms with Gasteiger partial charge in [-0.25, -0.2) is 0 Å². The summed E-state index contributed by atoms with van der Waals surface area (Å²) in [6.45, 7) is 5.92. The van der Waals surface area contributed by atoms with E-state index >= 15 is 0 Å². The predicted octanol–water partition coefficient (Wildman–Crippen LogP) is 2.80. The fourth-order valence-corrected chi connectivity index (χ4v) is 0.933. The Morgan fingerprint density at radius 2 is 2.14 bits per heavy atom. The Morgan fingerprint density at radius 3 is 2.64 bits per heavy atom. The van der Waals surface area contributed by atoms with Crippen molar-refractivity contribution in [1.82, 2.24) is 4.90 Å². The van der Waals surface area contributed by atoms with Gasteiger partial charge in [0.1, 0.15) is 0 Å². The van der Waals surface area contributed by atoms with Gasteiger partial charge in [0, 0.05) is 31.6 Å². The minimum atomic E-state index is 0.660. The number of nitrogens with zero attached hydrogens (tertiary/aromatic N) is 2. The first kappa shape index (κ1) is 12.5. The third-order valence-corrected chi connectivity index (χ3v) is 1.94. The minimum absolute atomic E-state index is 0.660. The Kier molecular flexibility index (Phi) is 6.22. The molecule has 0 amide bonds. The van der Waals surface area contributed by atoms with Gasteiger partial charge in [0.05, 0.1) is 5.70 Å². The molecule has 0 atom stereocenters. The number of hydrogen-bond acceptors (Lipinski definition) is 2. The smallest absolute Gasteiger partial charge is 0.0559 e. The van der Waals surface area contributed by atoms with Crippen LogP contribution in [0.15, 0.2) is 28.7 Å². The summed E-state index contributed by atoms with van der Waals surface area (Å²) in [7, 11) is 1.98. The molecule has 14 heavy (non-hydrogen) atoms. The van der Waals surface area contributed by atoms with E-state index in [0.717, 1.165) is 11.4 Å². The molecule has 0 saturated carbocycles. The fraction of sp³-hybridized carbons (Fsp3) is 0.417. The van der Waals surface area contributed by atoms with Crippen LogP contribution in [0, 0.1) is 12.3 Å². The van der Waals surface area contributed by atoms with Gasteiger partial charge in [0.2, 0.25) is 0 Å². The summed E-state index contributed by atoms with van der Waals surface area (Å²) in [4.78, 5) is 6.23. The first-order valence-electron chi connectivity index (χ1n) is 4.62. The molecule has 0 aliphatic heterocycles. The lowest BCUT2D eigenvalue weighted by Gasteiger charge is -2.15. The molecule has 0 aromatic heterocycles. The molecule has 2 heteroatoms. The van der Waals surface area contributed by atoms with Gasteiger partial charge in [-0.2, -0.15) is 0 Å². The van der Waals surface area contributed by atoms with E-state index in [1.165, 1.54) is 0 Å². The maximum absolute atomic E-state index is 5.14. The van der Waals surface area contributed by atoms with Crippen LogP contribution in [0.1, 0.15) is 27.2 Å². The van der Waals surface area contributed by atoms with Gasteiger partial charge in [0.15, 0.2) is 0 Å². The third-order valence-electron chi connectivity index (χ3n) is 1.94. The topological polar surface area (TPSA) is 15.6 Å². The van der Waals surface area contributed by atoms with Gasteiger partial charge in [-0.15, -0.1) is 12.3 Å². The molecule has 0 heterocycles. The Balaban J connectivity index is 4.46. The van der Waals surface area contributed by atoms with Crippen molar-refractivity contribution in [3.8, 4) is 12.3 Å². The van der Waals surface area contributed by atoms with Gasteiger partial charge in [-0.3, -0.25) is 4.99 Å². The summed E-state index contributed by atoms with van der Waals surface area (Å²) < 4.78 is 0. The fourth-order valence-electron chi connectivity index (χ4n) is 0.933. The van der Waals surface area contributed by atoms with E-state index in [0.29, 0.717) is 6.42 Å². The maximum atomic E-state index is 5.14. The van der Waals surface area contributed by atoms with Crippen molar-refractivity contribution < 1.29 is 0 Å². The van der Waals surface area contributed by atoms with Crippen LogP contribution in [0.3, 0.4) is 0 Å². The molecule has 76 valence electrons. The normalized spacial score (nSPS) is 13.1. The highest BCUT2D eigenvalue weighted by Crippen LogP contribution is 2.08. The second-order valence-electron chi connectivity index (χ2n) is 2.96. The van der Waals surface area contributed by atoms with Crippen molar-refractivity contribution >= 4 is 6.21 Å². The third kappa shape index (κ3) is 4.51. The van der Waals surface area contributed by atoms with Crippen LogP contribution in [0.5, 0.6) is 0 Å². The first-order valence-corrected chi connectivity index (χ1v) is 4.62. The largest absolute Gasteiger partial charge is 0.353 e. The number of hydrogen-bond donors (Lipinski definition) is 0. The molecule has 0 rings (SSSR count). The van der Waals surface area contributed by atoms with Crippen LogP contribution >= 0.6 is 0 Å². The van der Waals surface area contributed by atoms with Crippen LogP contribution in [0.4, 0.5) is 0 Å². The van der Waals surface area contributed by atoms with Gasteiger partial charge in [0.25, 0.3) is 0 Å². The standard InChI is InChI=1S/C12H18N2/c1-6-8-9-10-14(5)12(4)11(3)13-7-2/h1,7,9-10H,8H2,2-5H3/b10-9-,12-11-,13-7-. The van der Waals surface area contributed by atoms with E-state index in [-0.39, 0.29) is 0 Å². The molecule has 0 unspecified atom stereocenters. The quantitative estimate of drug-likeness (QED) is 0.491. The number of rotatable bonds is 4. The molecule has 0 fully saturated rings. The molecule has 0 aliphatic carbocycles. The molecule has 0 spiro atoms. The Hall–Kier alpha value is -1.49. The summed E-state index contributed by atoms with van der Waals surface area (Å²) >= 11 is 0. The van der Waals surface area contributed by atoms with Crippen LogP contribution < -0.4 is 0 Å². The summed E-state index contributed by atoms with van der Waals surface area (Å²) in [5.74, 6) is 2.56. The molecule has 0 aliphatic rings. The molecule has 0 aromatic rings. The van der Waals surface area contributed by atoms with Crippen LogP contribution in [0.25, 0.3) is 0 Å². The lowest BCUT2D eigenvalue weighted by molar-refractivity contribution is 0.559. The number of aliphatic imine (C=N–C) groups is 1. The van der Waals surface area contributed by atoms with E-state index in [9.17, 15) is 0 Å². The van der Waals surface area contributed by atoms with Crippen molar-refractivity contribution in [3.63, 3.8) is 0 Å². The van der Waals surface area contributed by atoms with Crippen molar-refractivity contribution in [2.75, 3.05) is 7.05 Å². The number of allylic oxidation sites excluding steroid dienone is 3. The Labute approximate surface area is 87.0 Å². The Morgan fingerprint density at radius 1 is 1.50 bits per heavy atom. The summed E-state index contributed by atoms with van der Waals surface area (Å²) in [5, 5.41) is 0. The van der Waals surface area contributed by atoms with Crippen LogP contribution in [0.2, 0.25) is 0 Å². The lowest BCUT2D eigenvalue weighted by Crippen LogP contribution is -2.08. The molecular formula is C12H18N2. The second kappa shape index (κ2) is 6.97. The molecular weight excluding hydrogens is 172 g/mol. The minimum Gasteiger partial charge on any atom is -0.353 e. The van der Waals surface area contributed by atoms with Gasteiger partial charge < -0.3 is 4.90 Å². The van der Waals surface area contributed by atoms with Gasteiger partial charge >= 0.3 is 0 Å². The second-order valence-corrected chi connectivity index (χ2v) is 2.96. The van der Waals surface area contributed by atoms with Crippen molar-refractivity contribution in [3.05, 3.63) is 23.7 Å². The predicted molar refractivity (Wildman–Crippen MR) is 62.9 cm³/mol. The molecule has 0 radical (unpaired) electrons. The summed E-state index contributed by atoms with van der Waals surface area (Å²) in [5.41, 5.74) is 2.14. The van der Waals surface area contributed by atoms with Crippen LogP contribution in [-0.2, 0) is 0 Å². The zero-order valence-electron chi connectivity index (χ0n) is 9.41. The van der Waals surface area contributed by atoms with Crippen LogP contribution in [-0.4, -0.2) is 18.2 Å². The monoisotopic (exact) mass is 190 g/mol. The number of terminal acetylenes is 1. The zero-order chi connectivity index (χ0) is 11.0. The molecule has 0 saturated heterocycles. The van der Waals surface area contributed by atoms with Gasteiger partial charge in [-0.1, -0.05) is 6.08 Å². The van der Waals surface area contributed by atoms with Gasteiger partial charge in [-0.05, 0) is 20.8 Å². The highest BCUT2D eigenvalue weighted by atomic mass is 15.1. The molecule has 2 nitrogen and oxygen atoms in total. The highest BCUT2D eigenvalue weighted by molar-refractivity contribution is 5.55. The lowest BCUT2D eigenvalue weighted by atomic mass is 10.3. The molecule has 0 bridgehead atoms. The average Bonchev–Trinajstić information content (AvgIpc) is 2.17. The average molecular weight is 190 g/mol. The molecule has 0 N–H and O–H groups in total. The zero-order valence-corrected chi connectivity index (χ0v) is 9.41. The van der Waals surface area contributed by atoms with E-state index < -0.39 is 0 Å². The summed E-state index contributed by atoms with van der Waals surface area (Å²) in [6, 6.07) is 0. The highest BCUT2D eigenvalue weighted by Gasteiger charge is 1.97. The Bertz CT molecular complexity index is 290. The van der Waals surface area contributed by atoms with Crippen molar-refractivity contribution in [2.45, 2.75) is 27.2 Å². The SMILES string of the molecule is C#CC/C=C\N(C)/C(C)=C(C)\N=C/C. The van der Waals surface area contributed by atoms with E-state index in [1.54, 1.807) is 6.21 Å².